The van der Waals surface area contributed by atoms with Crippen molar-refractivity contribution in [2.24, 2.45) is 0 Å². The minimum Gasteiger partial charge on any atom is -0.462 e. The van der Waals surface area contributed by atoms with Crippen molar-refractivity contribution in [1.82, 2.24) is 0 Å². The Hall–Kier alpha value is -2.56. The third-order valence-electron chi connectivity index (χ3n) is 13.7. The van der Waals surface area contributed by atoms with Gasteiger partial charge in [0.25, 0.3) is 0 Å². The van der Waals surface area contributed by atoms with E-state index in [-0.39, 0.29) is 25.9 Å². The van der Waals surface area contributed by atoms with E-state index >= 15 is 0 Å². The number of aliphatic hydroxyl groups is 1. The van der Waals surface area contributed by atoms with Crippen LogP contribution in [-0.2, 0) is 42.2 Å². The van der Waals surface area contributed by atoms with Crippen molar-refractivity contribution < 1.29 is 52.2 Å². The third-order valence-corrected chi connectivity index (χ3v) is 14.7. The summed E-state index contributed by atoms with van der Waals surface area (Å²) in [5.41, 5.74) is 0. The van der Waals surface area contributed by atoms with Crippen molar-refractivity contribution in [3.8, 4) is 0 Å². The highest BCUT2D eigenvalue weighted by Gasteiger charge is 2.28. The number of ether oxygens (including phenoxy) is 3. The number of aliphatic hydroxyl groups excluding tert-OH is 1. The molecule has 0 saturated heterocycles. The number of esters is 3. The summed E-state index contributed by atoms with van der Waals surface area (Å²) >= 11 is 0. The Morgan fingerprint density at radius 2 is 0.684 bits per heavy atom. The molecule has 0 aromatic carbocycles. The van der Waals surface area contributed by atoms with Crippen LogP contribution in [0.25, 0.3) is 0 Å². The minimum atomic E-state index is -4.76. The zero-order valence-electron chi connectivity index (χ0n) is 49.2. The molecule has 444 valence electrons. The summed E-state index contributed by atoms with van der Waals surface area (Å²) in [7, 11) is -4.76. The summed E-state index contributed by atoms with van der Waals surface area (Å²) in [4.78, 5) is 48.7. The Kier molecular flexibility index (Phi) is 56.6. The van der Waals surface area contributed by atoms with Crippen LogP contribution in [0.2, 0.25) is 0 Å². The molecule has 0 heterocycles. The molecule has 0 saturated carbocycles. The Morgan fingerprint density at radius 3 is 1.08 bits per heavy atom. The van der Waals surface area contributed by atoms with Crippen molar-refractivity contribution in [3.05, 3.63) is 48.6 Å². The monoisotopic (exact) mass is 1090 g/mol. The van der Waals surface area contributed by atoms with Gasteiger partial charge in [-0.05, 0) is 77.0 Å². The lowest BCUT2D eigenvalue weighted by molar-refractivity contribution is -0.161. The van der Waals surface area contributed by atoms with Crippen molar-refractivity contribution in [1.29, 1.82) is 0 Å². The molecule has 3 unspecified atom stereocenters. The molecule has 0 fully saturated rings. The molecule has 12 heteroatoms. The molecule has 0 aromatic rings. The molecule has 11 nitrogen and oxygen atoms in total. The second-order valence-electron chi connectivity index (χ2n) is 21.2. The van der Waals surface area contributed by atoms with E-state index in [9.17, 15) is 28.9 Å². The molecule has 0 spiro atoms. The third kappa shape index (κ3) is 56.2. The van der Waals surface area contributed by atoms with Crippen LogP contribution in [0.1, 0.15) is 303 Å². The largest absolute Gasteiger partial charge is 0.472 e. The van der Waals surface area contributed by atoms with Gasteiger partial charge in [0.15, 0.2) is 6.10 Å². The summed E-state index contributed by atoms with van der Waals surface area (Å²) in [6.45, 7) is 4.54. The lowest BCUT2D eigenvalue weighted by Crippen LogP contribution is -2.30. The number of unbranched alkanes of at least 4 members (excludes halogenated alkanes) is 34. The van der Waals surface area contributed by atoms with Crippen molar-refractivity contribution >= 4 is 25.7 Å². The minimum absolute atomic E-state index is 0.143. The number of carbonyl (C=O) groups is 3. The number of carbonyl (C=O) groups excluding carboxylic acids is 3. The molecular formula is C64H117O11P. The average molecular weight is 1090 g/mol. The molecule has 0 aromatic heterocycles. The summed E-state index contributed by atoms with van der Waals surface area (Å²) < 4.78 is 39.6. The first kappa shape index (κ1) is 73.4. The smallest absolute Gasteiger partial charge is 0.462 e. The fourth-order valence-electron chi connectivity index (χ4n) is 8.96. The van der Waals surface area contributed by atoms with Gasteiger partial charge in [0.1, 0.15) is 12.7 Å². The van der Waals surface area contributed by atoms with Gasteiger partial charge in [0.05, 0.1) is 19.8 Å². The second-order valence-corrected chi connectivity index (χ2v) is 22.7. The summed E-state index contributed by atoms with van der Waals surface area (Å²) in [5, 5.41) is 9.82. The molecule has 0 aliphatic heterocycles. The van der Waals surface area contributed by atoms with Crippen LogP contribution in [0, 0.1) is 0 Å². The molecule has 0 bridgehead atoms. The maximum atomic E-state index is 12.9. The van der Waals surface area contributed by atoms with Crippen molar-refractivity contribution in [2.75, 3.05) is 26.4 Å². The number of allylic oxidation sites excluding steroid dienone is 8. The van der Waals surface area contributed by atoms with Gasteiger partial charge in [-0.2, -0.15) is 0 Å². The van der Waals surface area contributed by atoms with Crippen molar-refractivity contribution in [2.45, 2.75) is 315 Å². The van der Waals surface area contributed by atoms with E-state index in [1.54, 1.807) is 0 Å². The molecule has 0 rings (SSSR count). The number of phosphoric ester groups is 1. The zero-order valence-corrected chi connectivity index (χ0v) is 50.1. The summed E-state index contributed by atoms with van der Waals surface area (Å²) in [6.07, 6.45) is 63.6. The highest BCUT2D eigenvalue weighted by atomic mass is 31.2. The predicted octanol–water partition coefficient (Wildman–Crippen LogP) is 18.9. The second kappa shape index (κ2) is 58.6. The van der Waals surface area contributed by atoms with Crippen LogP contribution >= 0.6 is 7.82 Å². The molecular weight excluding hydrogens is 976 g/mol. The van der Waals surface area contributed by atoms with Gasteiger partial charge in [-0.1, -0.05) is 256 Å². The van der Waals surface area contributed by atoms with E-state index < -0.39 is 57.8 Å². The molecule has 0 aliphatic rings. The number of hydrogen-bond acceptors (Lipinski definition) is 10. The van der Waals surface area contributed by atoms with Gasteiger partial charge >= 0.3 is 25.7 Å². The Bertz CT molecular complexity index is 1460. The van der Waals surface area contributed by atoms with Crippen molar-refractivity contribution in [3.63, 3.8) is 0 Å². The lowest BCUT2D eigenvalue weighted by Gasteiger charge is -2.21. The predicted molar refractivity (Wildman–Crippen MR) is 316 cm³/mol. The normalized spacial score (nSPS) is 13.6. The fraction of sp³-hybridized carbons (Fsp3) is 0.828. The van der Waals surface area contributed by atoms with Gasteiger partial charge in [-0.25, -0.2) is 4.57 Å². The van der Waals surface area contributed by atoms with Crippen LogP contribution < -0.4 is 0 Å². The number of phosphoric acid groups is 1. The highest BCUT2D eigenvalue weighted by Crippen LogP contribution is 2.43. The van der Waals surface area contributed by atoms with Gasteiger partial charge < -0.3 is 24.2 Å². The van der Waals surface area contributed by atoms with Gasteiger partial charge in [0, 0.05) is 19.3 Å². The maximum Gasteiger partial charge on any atom is 0.472 e. The Balaban J connectivity index is 4.69. The van der Waals surface area contributed by atoms with E-state index in [2.05, 4.69) is 69.4 Å². The van der Waals surface area contributed by atoms with Crippen LogP contribution in [-0.4, -0.2) is 66.5 Å². The number of hydrogen-bond donors (Lipinski definition) is 2. The highest BCUT2D eigenvalue weighted by molar-refractivity contribution is 7.47. The zero-order chi connectivity index (χ0) is 55.5. The summed E-state index contributed by atoms with van der Waals surface area (Å²) in [5.74, 6) is -1.48. The van der Waals surface area contributed by atoms with E-state index in [1.165, 1.54) is 161 Å². The van der Waals surface area contributed by atoms with E-state index in [4.69, 9.17) is 23.3 Å². The van der Waals surface area contributed by atoms with Gasteiger partial charge in [0.2, 0.25) is 0 Å². The van der Waals surface area contributed by atoms with Gasteiger partial charge in [-0.3, -0.25) is 23.4 Å². The molecule has 76 heavy (non-hydrogen) atoms. The van der Waals surface area contributed by atoms with Crippen LogP contribution in [0.4, 0.5) is 0 Å². The van der Waals surface area contributed by atoms with E-state index in [1.807, 2.05) is 0 Å². The molecule has 0 radical (unpaired) electrons. The molecule has 3 atom stereocenters. The maximum absolute atomic E-state index is 12.9. The quantitative estimate of drug-likeness (QED) is 0.0197. The van der Waals surface area contributed by atoms with E-state index in [0.717, 1.165) is 83.5 Å². The first-order chi connectivity index (χ1) is 37.2. The van der Waals surface area contributed by atoms with Crippen LogP contribution in [0.3, 0.4) is 0 Å². The van der Waals surface area contributed by atoms with Crippen LogP contribution in [0.15, 0.2) is 48.6 Å². The fourth-order valence-corrected chi connectivity index (χ4v) is 9.74. The molecule has 0 aliphatic carbocycles. The first-order valence-corrected chi connectivity index (χ1v) is 33.0. The Morgan fingerprint density at radius 1 is 0.382 bits per heavy atom. The SMILES string of the molecule is CC/C=C\C/C=C\C/C=C\CCCCCC(=O)OC(CO)COP(=O)(O)OCC(COC(=O)CCCCCCCCCCCCCCCCCCCCC)OC(=O)CCCCCCCCC/C=C\CCCCCCCC. The molecule has 0 amide bonds. The standard InChI is InChI=1S/C64H117O11P/c1-4-7-10-13-16-19-22-25-27-29-30-32-33-36-38-41-44-47-50-53-62(66)71-57-61(75-64(68)55-52-49-46-43-40-37-34-31-28-26-23-20-17-14-11-8-5-2)59-73-76(69,70)72-58-60(56-65)74-63(67)54-51-48-45-42-39-35-24-21-18-15-12-9-6-3/h9,12,18,21,26,28,35,39,60-61,65H,4-8,10-11,13-17,19-20,22-25,27,29-34,36-38,40-59H2,1-3H3,(H,69,70)/b12-9-,21-18-,28-26-,39-35-. The Labute approximate surface area is 466 Å². The first-order valence-electron chi connectivity index (χ1n) is 31.5. The molecule has 2 N–H and O–H groups in total. The number of rotatable bonds is 59. The lowest BCUT2D eigenvalue weighted by atomic mass is 10.0. The topological polar surface area (TPSA) is 155 Å². The average Bonchev–Trinajstić information content (AvgIpc) is 3.41. The van der Waals surface area contributed by atoms with Gasteiger partial charge in [-0.15, -0.1) is 0 Å². The summed E-state index contributed by atoms with van der Waals surface area (Å²) in [6, 6.07) is 0. The van der Waals surface area contributed by atoms with Crippen LogP contribution in [0.5, 0.6) is 0 Å². The van der Waals surface area contributed by atoms with E-state index in [0.29, 0.717) is 19.3 Å².